The maximum absolute atomic E-state index is 13.5. The Labute approximate surface area is 172 Å². The lowest BCUT2D eigenvalue weighted by molar-refractivity contribution is -0.124. The van der Waals surface area contributed by atoms with E-state index in [0.29, 0.717) is 33.5 Å². The summed E-state index contributed by atoms with van der Waals surface area (Å²) >= 11 is 12.0. The number of anilines is 1. The average molecular weight is 412 g/mol. The van der Waals surface area contributed by atoms with Crippen molar-refractivity contribution >= 4 is 34.8 Å². The van der Waals surface area contributed by atoms with Gasteiger partial charge in [0, 0.05) is 11.6 Å². The minimum atomic E-state index is -0.939. The maximum Gasteiger partial charge on any atom is 0.237 e. The van der Waals surface area contributed by atoms with E-state index < -0.39 is 10.8 Å². The number of carbonyl (C=O) groups excluding carboxylic acids is 1. The molecular weight excluding hydrogens is 397 g/mol. The number of hydrogen-bond donors (Lipinski definition) is 1. The van der Waals surface area contributed by atoms with E-state index in [2.05, 4.69) is 15.3 Å². The van der Waals surface area contributed by atoms with Crippen molar-refractivity contribution in [3.8, 4) is 12.1 Å². The normalized spacial score (nSPS) is 23.6. The van der Waals surface area contributed by atoms with Crippen LogP contribution in [0.1, 0.15) is 55.4 Å². The predicted octanol–water partition coefficient (Wildman–Crippen LogP) is 4.32. The molecule has 1 heterocycles. The van der Waals surface area contributed by atoms with Crippen LogP contribution in [0, 0.1) is 28.1 Å². The fraction of sp³-hybridized carbons (Fsp3) is 0.350. The quantitative estimate of drug-likeness (QED) is 0.792. The first-order chi connectivity index (χ1) is 13.3. The summed E-state index contributed by atoms with van der Waals surface area (Å²) in [5.41, 5.74) is 0.236. The summed E-state index contributed by atoms with van der Waals surface area (Å²) in [4.78, 5) is 22.4. The molecule has 2 atom stereocenters. The van der Waals surface area contributed by atoms with Crippen molar-refractivity contribution in [3.05, 3.63) is 51.0 Å². The number of aromatic nitrogens is 2. The molecule has 140 valence electrons. The minimum Gasteiger partial charge on any atom is -0.325 e. The largest absolute Gasteiger partial charge is 0.325 e. The smallest absolute Gasteiger partial charge is 0.237 e. The minimum absolute atomic E-state index is 0.00430. The lowest BCUT2D eigenvalue weighted by Crippen LogP contribution is -2.46. The Morgan fingerprint density at radius 2 is 1.86 bits per heavy atom. The average Bonchev–Trinajstić information content (AvgIpc) is 3.05. The summed E-state index contributed by atoms with van der Waals surface area (Å²) in [6.45, 7) is 4.03. The Hall–Kier alpha value is -2.67. The molecule has 2 bridgehead atoms. The topological polar surface area (TPSA) is 102 Å². The molecule has 2 aliphatic rings. The van der Waals surface area contributed by atoms with E-state index in [1.165, 1.54) is 0 Å². The molecule has 0 radical (unpaired) electrons. The molecule has 0 spiro atoms. The molecule has 1 saturated carbocycles. The Kier molecular flexibility index (Phi) is 4.12. The third-order valence-electron chi connectivity index (χ3n) is 6.21. The van der Waals surface area contributed by atoms with Crippen LogP contribution in [0.5, 0.6) is 0 Å². The van der Waals surface area contributed by atoms with Crippen LogP contribution >= 0.6 is 23.2 Å². The van der Waals surface area contributed by atoms with Crippen LogP contribution < -0.4 is 5.32 Å². The molecule has 1 N–H and O–H groups in total. The van der Waals surface area contributed by atoms with Crippen LogP contribution in [0.3, 0.4) is 0 Å². The number of hydrogen-bond acceptors (Lipinski definition) is 5. The molecule has 1 fully saturated rings. The van der Waals surface area contributed by atoms with Crippen molar-refractivity contribution in [3.63, 3.8) is 0 Å². The van der Waals surface area contributed by atoms with Crippen LogP contribution in [-0.2, 0) is 10.2 Å². The van der Waals surface area contributed by atoms with Gasteiger partial charge in [0.05, 0.1) is 26.8 Å². The van der Waals surface area contributed by atoms with Crippen molar-refractivity contribution in [1.82, 2.24) is 9.97 Å². The Morgan fingerprint density at radius 1 is 1.18 bits per heavy atom. The molecule has 8 heteroatoms. The molecule has 1 aromatic carbocycles. The number of fused-ring (bicyclic) bond motifs is 5. The van der Waals surface area contributed by atoms with E-state index in [-0.39, 0.29) is 23.2 Å². The third kappa shape index (κ3) is 2.29. The summed E-state index contributed by atoms with van der Waals surface area (Å²) in [5, 5.41) is 22.3. The van der Waals surface area contributed by atoms with Crippen molar-refractivity contribution in [1.29, 1.82) is 10.5 Å². The number of nitriles is 2. The Morgan fingerprint density at radius 3 is 2.50 bits per heavy atom. The molecule has 6 nitrogen and oxygen atoms in total. The molecule has 4 rings (SSSR count). The number of nitrogens with one attached hydrogen (secondary N) is 1. The number of rotatable bonds is 2. The summed E-state index contributed by atoms with van der Waals surface area (Å²) < 4.78 is 0. The number of carbonyl (C=O) groups is 1. The van der Waals surface area contributed by atoms with E-state index >= 15 is 0 Å². The second-order valence-corrected chi connectivity index (χ2v) is 8.49. The lowest BCUT2D eigenvalue weighted by Gasteiger charge is -2.36. The maximum atomic E-state index is 13.5. The van der Waals surface area contributed by atoms with E-state index in [1.54, 1.807) is 18.2 Å². The van der Waals surface area contributed by atoms with Gasteiger partial charge in [-0.15, -0.1) is 0 Å². The zero-order valence-electron chi connectivity index (χ0n) is 15.2. The van der Waals surface area contributed by atoms with Gasteiger partial charge >= 0.3 is 0 Å². The molecule has 2 aromatic rings. The van der Waals surface area contributed by atoms with Crippen LogP contribution in [0.4, 0.5) is 5.69 Å². The summed E-state index contributed by atoms with van der Waals surface area (Å²) in [6, 6.07) is 8.76. The van der Waals surface area contributed by atoms with Gasteiger partial charge in [-0.25, -0.2) is 9.97 Å². The molecule has 28 heavy (non-hydrogen) atoms. The second kappa shape index (κ2) is 6.17. The van der Waals surface area contributed by atoms with Crippen molar-refractivity contribution in [2.24, 2.45) is 5.41 Å². The van der Waals surface area contributed by atoms with Crippen molar-refractivity contribution in [2.45, 2.75) is 38.0 Å². The first kappa shape index (κ1) is 18.7. The highest BCUT2D eigenvalue weighted by molar-refractivity contribution is 6.42. The van der Waals surface area contributed by atoms with Gasteiger partial charge in [-0.1, -0.05) is 37.0 Å². The zero-order valence-corrected chi connectivity index (χ0v) is 16.7. The SMILES string of the molecule is CC1(C)C2CCC1(C(=O)Nc1ccc(Cl)c(Cl)c1)c1nc(C#N)c(C#N)nc12. The van der Waals surface area contributed by atoms with E-state index in [1.807, 2.05) is 26.0 Å². The first-order valence-corrected chi connectivity index (χ1v) is 9.51. The van der Waals surface area contributed by atoms with Gasteiger partial charge in [0.2, 0.25) is 5.91 Å². The van der Waals surface area contributed by atoms with E-state index in [0.717, 1.165) is 6.42 Å². The standard InChI is InChI=1S/C20H15Cl2N5O/c1-19(2)11-5-6-20(19,17-16(11)26-14(8-23)15(9-24)27-17)18(28)25-10-3-4-12(21)13(22)7-10/h3-4,7,11H,5-6H2,1-2H3,(H,25,28). The van der Waals surface area contributed by atoms with Crippen molar-refractivity contribution < 1.29 is 4.79 Å². The van der Waals surface area contributed by atoms with Crippen LogP contribution in [0.15, 0.2) is 18.2 Å². The fourth-order valence-electron chi connectivity index (χ4n) is 4.73. The predicted molar refractivity (Wildman–Crippen MR) is 104 cm³/mol. The van der Waals surface area contributed by atoms with Gasteiger partial charge < -0.3 is 5.32 Å². The third-order valence-corrected chi connectivity index (χ3v) is 6.95. The highest BCUT2D eigenvalue weighted by Crippen LogP contribution is 2.67. The van der Waals surface area contributed by atoms with Crippen LogP contribution in [0.2, 0.25) is 10.0 Å². The van der Waals surface area contributed by atoms with E-state index in [9.17, 15) is 15.3 Å². The Balaban J connectivity index is 1.84. The summed E-state index contributed by atoms with van der Waals surface area (Å²) in [7, 11) is 0. The van der Waals surface area contributed by atoms with Crippen LogP contribution in [0.25, 0.3) is 0 Å². The van der Waals surface area contributed by atoms with Gasteiger partial charge in [0.25, 0.3) is 0 Å². The van der Waals surface area contributed by atoms with Gasteiger partial charge in [-0.3, -0.25) is 4.79 Å². The molecular formula is C20H15Cl2N5O. The van der Waals surface area contributed by atoms with Gasteiger partial charge in [-0.05, 0) is 36.5 Å². The highest BCUT2D eigenvalue weighted by Gasteiger charge is 2.68. The second-order valence-electron chi connectivity index (χ2n) is 7.68. The van der Waals surface area contributed by atoms with Gasteiger partial charge in [0.15, 0.2) is 11.4 Å². The number of nitrogens with zero attached hydrogens (tertiary/aromatic N) is 4. The monoisotopic (exact) mass is 411 g/mol. The highest BCUT2D eigenvalue weighted by atomic mass is 35.5. The molecule has 0 aliphatic heterocycles. The van der Waals surface area contributed by atoms with Crippen molar-refractivity contribution in [2.75, 3.05) is 5.32 Å². The van der Waals surface area contributed by atoms with Gasteiger partial charge in [0.1, 0.15) is 12.1 Å². The van der Waals surface area contributed by atoms with Crippen LogP contribution in [-0.4, -0.2) is 15.9 Å². The molecule has 2 aliphatic carbocycles. The fourth-order valence-corrected chi connectivity index (χ4v) is 5.03. The zero-order chi connectivity index (χ0) is 20.3. The number of halogens is 2. The molecule has 0 saturated heterocycles. The number of amides is 1. The number of benzene rings is 1. The molecule has 2 unspecified atom stereocenters. The summed E-state index contributed by atoms with van der Waals surface area (Å²) in [5.74, 6) is -0.227. The Bertz CT molecular complexity index is 1110. The van der Waals surface area contributed by atoms with Gasteiger partial charge in [-0.2, -0.15) is 10.5 Å². The molecule has 1 amide bonds. The summed E-state index contributed by atoms with van der Waals surface area (Å²) in [6.07, 6.45) is 1.36. The molecule has 1 aromatic heterocycles. The first-order valence-electron chi connectivity index (χ1n) is 8.75. The van der Waals surface area contributed by atoms with E-state index in [4.69, 9.17) is 23.2 Å². The lowest BCUT2D eigenvalue weighted by atomic mass is 9.67.